The minimum absolute atomic E-state index is 0.900. The summed E-state index contributed by atoms with van der Waals surface area (Å²) in [7, 11) is 0. The summed E-state index contributed by atoms with van der Waals surface area (Å²) >= 11 is 0. The Bertz CT molecular complexity index is 2150. The van der Waals surface area contributed by atoms with E-state index in [1.807, 2.05) is 0 Å². The van der Waals surface area contributed by atoms with Crippen LogP contribution < -0.4 is 4.90 Å². The SMILES string of the molecule is c1ccc2cc(N(c3ccc4oc5c6ccccc6ccc5c4c3)c3cccc4ccccc34)ccc2c1. The Hall–Kier alpha value is -5.08. The molecular formula is C36H23NO. The van der Waals surface area contributed by atoms with Crippen LogP contribution in [0.25, 0.3) is 54.3 Å². The van der Waals surface area contributed by atoms with Crippen molar-refractivity contribution in [2.45, 2.75) is 0 Å². The van der Waals surface area contributed by atoms with Gasteiger partial charge in [0.2, 0.25) is 0 Å². The zero-order chi connectivity index (χ0) is 25.1. The minimum Gasteiger partial charge on any atom is -0.455 e. The smallest absolute Gasteiger partial charge is 0.143 e. The van der Waals surface area contributed by atoms with Crippen LogP contribution in [0.4, 0.5) is 17.1 Å². The Morgan fingerprint density at radius 3 is 1.89 bits per heavy atom. The van der Waals surface area contributed by atoms with Gasteiger partial charge in [-0.25, -0.2) is 0 Å². The van der Waals surface area contributed by atoms with Gasteiger partial charge in [-0.05, 0) is 64.0 Å². The summed E-state index contributed by atoms with van der Waals surface area (Å²) in [5.41, 5.74) is 5.21. The Labute approximate surface area is 220 Å². The highest BCUT2D eigenvalue weighted by atomic mass is 16.3. The highest BCUT2D eigenvalue weighted by Gasteiger charge is 2.18. The van der Waals surface area contributed by atoms with Gasteiger partial charge in [-0.15, -0.1) is 0 Å². The lowest BCUT2D eigenvalue weighted by molar-refractivity contribution is 0.672. The lowest BCUT2D eigenvalue weighted by Gasteiger charge is -2.27. The van der Waals surface area contributed by atoms with Crippen LogP contribution in [-0.4, -0.2) is 0 Å². The molecule has 8 rings (SSSR count). The molecule has 0 spiro atoms. The molecule has 0 amide bonds. The molecule has 0 fully saturated rings. The first kappa shape index (κ1) is 21.0. The normalized spacial score (nSPS) is 11.7. The molecule has 178 valence electrons. The molecule has 2 nitrogen and oxygen atoms in total. The van der Waals surface area contributed by atoms with Gasteiger partial charge in [-0.2, -0.15) is 0 Å². The molecule has 0 unspecified atom stereocenters. The first-order chi connectivity index (χ1) is 18.8. The molecule has 0 radical (unpaired) electrons. The van der Waals surface area contributed by atoms with E-state index in [0.29, 0.717) is 0 Å². The third kappa shape index (κ3) is 3.21. The number of fused-ring (bicyclic) bond motifs is 7. The van der Waals surface area contributed by atoms with Crippen molar-refractivity contribution in [3.05, 3.63) is 140 Å². The van der Waals surface area contributed by atoms with Gasteiger partial charge in [0.15, 0.2) is 0 Å². The maximum Gasteiger partial charge on any atom is 0.143 e. The van der Waals surface area contributed by atoms with Crippen molar-refractivity contribution in [1.82, 2.24) is 0 Å². The molecule has 7 aromatic carbocycles. The quantitative estimate of drug-likeness (QED) is 0.247. The number of nitrogens with zero attached hydrogens (tertiary/aromatic N) is 1. The molecule has 1 aromatic heterocycles. The van der Waals surface area contributed by atoms with E-state index in [-0.39, 0.29) is 0 Å². The number of benzene rings is 7. The maximum atomic E-state index is 6.42. The Balaban J connectivity index is 1.41. The fraction of sp³-hybridized carbons (Fsp3) is 0. The highest BCUT2D eigenvalue weighted by Crippen LogP contribution is 2.42. The first-order valence-electron chi connectivity index (χ1n) is 12.9. The van der Waals surface area contributed by atoms with Gasteiger partial charge in [0, 0.05) is 32.9 Å². The van der Waals surface area contributed by atoms with Crippen LogP contribution in [0.5, 0.6) is 0 Å². The van der Waals surface area contributed by atoms with Gasteiger partial charge in [0.25, 0.3) is 0 Å². The molecule has 1 heterocycles. The van der Waals surface area contributed by atoms with Crippen LogP contribution in [0, 0.1) is 0 Å². The van der Waals surface area contributed by atoms with Crippen LogP contribution in [0.15, 0.2) is 144 Å². The second kappa shape index (κ2) is 8.22. The summed E-state index contributed by atoms with van der Waals surface area (Å²) in [5.74, 6) is 0. The van der Waals surface area contributed by atoms with E-state index in [1.165, 1.54) is 26.9 Å². The van der Waals surface area contributed by atoms with Gasteiger partial charge in [0.1, 0.15) is 11.2 Å². The van der Waals surface area contributed by atoms with Crippen molar-refractivity contribution >= 4 is 71.3 Å². The van der Waals surface area contributed by atoms with E-state index in [0.717, 1.165) is 44.4 Å². The van der Waals surface area contributed by atoms with Gasteiger partial charge >= 0.3 is 0 Å². The molecule has 38 heavy (non-hydrogen) atoms. The number of rotatable bonds is 3. The number of hydrogen-bond acceptors (Lipinski definition) is 2. The predicted molar refractivity (Wildman–Crippen MR) is 161 cm³/mol. The van der Waals surface area contributed by atoms with Gasteiger partial charge in [-0.1, -0.05) is 97.1 Å². The predicted octanol–water partition coefficient (Wildman–Crippen LogP) is 10.5. The van der Waals surface area contributed by atoms with Crippen molar-refractivity contribution < 1.29 is 4.42 Å². The van der Waals surface area contributed by atoms with E-state index in [4.69, 9.17) is 4.42 Å². The third-order valence-electron chi connectivity index (χ3n) is 7.60. The van der Waals surface area contributed by atoms with E-state index in [9.17, 15) is 0 Å². The van der Waals surface area contributed by atoms with Crippen LogP contribution in [-0.2, 0) is 0 Å². The fourth-order valence-electron chi connectivity index (χ4n) is 5.78. The molecule has 0 N–H and O–H groups in total. The van der Waals surface area contributed by atoms with Crippen LogP contribution in [0.2, 0.25) is 0 Å². The molecular weight excluding hydrogens is 462 g/mol. The van der Waals surface area contributed by atoms with Crippen molar-refractivity contribution in [1.29, 1.82) is 0 Å². The van der Waals surface area contributed by atoms with Crippen LogP contribution >= 0.6 is 0 Å². The molecule has 0 aliphatic heterocycles. The minimum atomic E-state index is 0.900. The standard InChI is InChI=1S/C36H23NO/c1-2-11-27-22-28(18-16-24(27)8-1)37(34-15-7-12-25-9-3-5-13-30(25)34)29-19-21-35-33(23-29)32-20-17-26-10-4-6-14-31(26)36(32)38-35/h1-23H. The summed E-state index contributed by atoms with van der Waals surface area (Å²) < 4.78 is 6.42. The summed E-state index contributed by atoms with van der Waals surface area (Å²) in [4.78, 5) is 2.37. The monoisotopic (exact) mass is 485 g/mol. The van der Waals surface area contributed by atoms with Gasteiger partial charge in [-0.3, -0.25) is 0 Å². The largest absolute Gasteiger partial charge is 0.455 e. The third-order valence-corrected chi connectivity index (χ3v) is 7.60. The Morgan fingerprint density at radius 1 is 0.395 bits per heavy atom. The Morgan fingerprint density at radius 2 is 1.03 bits per heavy atom. The van der Waals surface area contributed by atoms with Crippen LogP contribution in [0.1, 0.15) is 0 Å². The number of furan rings is 1. The molecule has 0 saturated heterocycles. The fourth-order valence-corrected chi connectivity index (χ4v) is 5.78. The van der Waals surface area contributed by atoms with Crippen molar-refractivity contribution in [2.24, 2.45) is 0 Å². The Kier molecular flexibility index (Phi) is 4.55. The molecule has 2 heteroatoms. The highest BCUT2D eigenvalue weighted by molar-refractivity contribution is 6.16. The first-order valence-corrected chi connectivity index (χ1v) is 12.9. The van der Waals surface area contributed by atoms with Crippen LogP contribution in [0.3, 0.4) is 0 Å². The maximum absolute atomic E-state index is 6.42. The summed E-state index contributed by atoms with van der Waals surface area (Å²) in [6, 6.07) is 49.7. The van der Waals surface area contributed by atoms with Crippen molar-refractivity contribution in [3.63, 3.8) is 0 Å². The number of anilines is 3. The molecule has 0 aliphatic rings. The summed E-state index contributed by atoms with van der Waals surface area (Å²) in [5, 5.41) is 9.47. The van der Waals surface area contributed by atoms with E-state index in [2.05, 4.69) is 144 Å². The second-order valence-electron chi connectivity index (χ2n) is 9.81. The molecule has 0 bridgehead atoms. The molecule has 0 aliphatic carbocycles. The second-order valence-corrected chi connectivity index (χ2v) is 9.81. The molecule has 0 atom stereocenters. The molecule has 0 saturated carbocycles. The zero-order valence-electron chi connectivity index (χ0n) is 20.6. The zero-order valence-corrected chi connectivity index (χ0v) is 20.6. The lowest BCUT2D eigenvalue weighted by atomic mass is 10.0. The van der Waals surface area contributed by atoms with Gasteiger partial charge < -0.3 is 9.32 Å². The average Bonchev–Trinajstić information content (AvgIpc) is 3.36. The van der Waals surface area contributed by atoms with Gasteiger partial charge in [0.05, 0.1) is 5.69 Å². The van der Waals surface area contributed by atoms with E-state index >= 15 is 0 Å². The summed E-state index contributed by atoms with van der Waals surface area (Å²) in [6.45, 7) is 0. The lowest BCUT2D eigenvalue weighted by Crippen LogP contribution is -2.10. The topological polar surface area (TPSA) is 16.4 Å². The van der Waals surface area contributed by atoms with Crippen molar-refractivity contribution in [3.8, 4) is 0 Å². The number of hydrogen-bond donors (Lipinski definition) is 0. The van der Waals surface area contributed by atoms with E-state index in [1.54, 1.807) is 0 Å². The van der Waals surface area contributed by atoms with E-state index < -0.39 is 0 Å². The summed E-state index contributed by atoms with van der Waals surface area (Å²) in [6.07, 6.45) is 0. The molecule has 8 aromatic rings. The van der Waals surface area contributed by atoms with Crippen molar-refractivity contribution in [2.75, 3.05) is 4.90 Å². The average molecular weight is 486 g/mol.